The molecule has 2 N–H and O–H groups in total. The van der Waals surface area contributed by atoms with Crippen LogP contribution >= 0.6 is 11.6 Å². The number of fused-ring (bicyclic) bond motifs is 1. The van der Waals surface area contributed by atoms with Gasteiger partial charge in [0.15, 0.2) is 0 Å². The second-order valence-corrected chi connectivity index (χ2v) is 8.64. The van der Waals surface area contributed by atoms with Crippen LogP contribution in [-0.2, 0) is 9.53 Å². The van der Waals surface area contributed by atoms with Crippen LogP contribution < -0.4 is 15.4 Å². The Morgan fingerprint density at radius 3 is 2.88 bits per heavy atom. The van der Waals surface area contributed by atoms with Crippen LogP contribution in [0, 0.1) is 5.82 Å². The Kier molecular flexibility index (Phi) is 7.62. The van der Waals surface area contributed by atoms with Crippen LogP contribution in [-0.4, -0.2) is 55.7 Å². The van der Waals surface area contributed by atoms with E-state index < -0.39 is 5.82 Å². The number of halogens is 2. The number of carbonyl (C=O) groups is 1. The van der Waals surface area contributed by atoms with Crippen molar-refractivity contribution in [3.63, 3.8) is 0 Å². The van der Waals surface area contributed by atoms with Gasteiger partial charge in [-0.3, -0.25) is 9.78 Å². The smallest absolute Gasteiger partial charge is 0.248 e. The Labute approximate surface area is 202 Å². The molecular weight excluding hydrogens is 459 g/mol. The highest BCUT2D eigenvalue weighted by Crippen LogP contribution is 2.36. The van der Waals surface area contributed by atoms with Gasteiger partial charge in [0.2, 0.25) is 5.91 Å². The minimum absolute atomic E-state index is 0.0234. The zero-order valence-electron chi connectivity index (χ0n) is 19.0. The van der Waals surface area contributed by atoms with E-state index in [9.17, 15) is 9.18 Å². The van der Waals surface area contributed by atoms with Gasteiger partial charge in [-0.1, -0.05) is 17.7 Å². The highest BCUT2D eigenvalue weighted by atomic mass is 35.5. The van der Waals surface area contributed by atoms with Gasteiger partial charge in [0.25, 0.3) is 0 Å². The normalized spacial score (nSPS) is 15.9. The predicted octanol–water partition coefficient (Wildman–Crippen LogP) is 4.99. The molecule has 1 saturated heterocycles. The van der Waals surface area contributed by atoms with Crippen LogP contribution in [0.1, 0.15) is 6.42 Å². The molecule has 0 saturated carbocycles. The summed E-state index contributed by atoms with van der Waals surface area (Å²) >= 11 is 5.93. The van der Waals surface area contributed by atoms with E-state index in [4.69, 9.17) is 21.1 Å². The number of pyridine rings is 1. The first-order chi connectivity index (χ1) is 16.4. The molecule has 2 heterocycles. The van der Waals surface area contributed by atoms with Crippen molar-refractivity contribution >= 4 is 45.5 Å². The number of hydrogen-bond donors (Lipinski definition) is 2. The van der Waals surface area contributed by atoms with E-state index in [-0.39, 0.29) is 17.0 Å². The minimum Gasteiger partial charge on any atom is -0.486 e. The molecule has 1 amide bonds. The van der Waals surface area contributed by atoms with E-state index in [1.807, 2.05) is 25.1 Å². The Morgan fingerprint density at radius 2 is 2.15 bits per heavy atom. The first-order valence-corrected chi connectivity index (χ1v) is 11.3. The zero-order valence-corrected chi connectivity index (χ0v) is 19.7. The highest BCUT2D eigenvalue weighted by Gasteiger charge is 2.20. The minimum atomic E-state index is -0.489. The van der Waals surface area contributed by atoms with Crippen molar-refractivity contribution in [2.75, 3.05) is 44.5 Å². The maximum Gasteiger partial charge on any atom is 0.248 e. The molecule has 178 valence electrons. The van der Waals surface area contributed by atoms with Gasteiger partial charge in [-0.05, 0) is 44.4 Å². The van der Waals surface area contributed by atoms with E-state index in [0.29, 0.717) is 42.4 Å². The Morgan fingerprint density at radius 1 is 1.29 bits per heavy atom. The molecule has 34 heavy (non-hydrogen) atoms. The molecule has 4 rings (SSSR count). The third kappa shape index (κ3) is 6.02. The number of anilines is 3. The second-order valence-electron chi connectivity index (χ2n) is 8.24. The average molecular weight is 485 g/mol. The van der Waals surface area contributed by atoms with Gasteiger partial charge in [-0.25, -0.2) is 4.39 Å². The van der Waals surface area contributed by atoms with Gasteiger partial charge < -0.3 is 25.0 Å². The Balaban J connectivity index is 1.68. The summed E-state index contributed by atoms with van der Waals surface area (Å²) in [6, 6.07) is 9.83. The monoisotopic (exact) mass is 484 g/mol. The van der Waals surface area contributed by atoms with E-state index in [0.717, 1.165) is 17.5 Å². The standard InChI is InChI=1S/C25H26ClFN4O3/c1-31(2)10-3-4-25(32)30-23-13-18-21(29-16-5-6-20(27)19(26)12-16)7-9-28-22(18)14-24(23)34-17-8-11-33-15-17/h3-7,9,12-14,17H,8,10-11,15H2,1-2H3,(H,28,29)(H,30,32)/b4-3+/t17-/m0/s1. The summed E-state index contributed by atoms with van der Waals surface area (Å²) in [4.78, 5) is 19.0. The fourth-order valence-corrected chi connectivity index (χ4v) is 3.72. The number of nitrogens with one attached hydrogen (secondary N) is 2. The zero-order chi connectivity index (χ0) is 24.1. The fraction of sp³-hybridized carbons (Fsp3) is 0.280. The topological polar surface area (TPSA) is 75.7 Å². The van der Waals surface area contributed by atoms with Gasteiger partial charge in [0, 0.05) is 48.1 Å². The van der Waals surface area contributed by atoms with Gasteiger partial charge in [-0.2, -0.15) is 0 Å². The number of benzene rings is 2. The lowest BCUT2D eigenvalue weighted by Gasteiger charge is -2.18. The van der Waals surface area contributed by atoms with Crippen LogP contribution in [0.5, 0.6) is 5.75 Å². The lowest BCUT2D eigenvalue weighted by Crippen LogP contribution is -2.18. The average Bonchev–Trinajstić information content (AvgIpc) is 3.30. The van der Waals surface area contributed by atoms with E-state index >= 15 is 0 Å². The van der Waals surface area contributed by atoms with Gasteiger partial charge in [0.05, 0.1) is 29.4 Å². The first-order valence-electron chi connectivity index (χ1n) is 10.9. The van der Waals surface area contributed by atoms with Crippen LogP contribution in [0.3, 0.4) is 0 Å². The molecule has 3 aromatic rings. The number of rotatable bonds is 8. The number of hydrogen-bond acceptors (Lipinski definition) is 6. The number of nitrogens with zero attached hydrogens (tertiary/aromatic N) is 2. The molecule has 0 bridgehead atoms. The van der Waals surface area contributed by atoms with Crippen LogP contribution in [0.2, 0.25) is 5.02 Å². The molecule has 1 aromatic heterocycles. The summed E-state index contributed by atoms with van der Waals surface area (Å²) in [5.41, 5.74) is 2.54. The second kappa shape index (κ2) is 10.8. The summed E-state index contributed by atoms with van der Waals surface area (Å²) in [6.07, 6.45) is 5.62. The van der Waals surface area contributed by atoms with E-state index in [2.05, 4.69) is 15.6 Å². The lowest BCUT2D eigenvalue weighted by atomic mass is 10.1. The third-order valence-electron chi connectivity index (χ3n) is 5.22. The number of aromatic nitrogens is 1. The first kappa shape index (κ1) is 23.9. The molecule has 0 aliphatic carbocycles. The van der Waals surface area contributed by atoms with Crippen molar-refractivity contribution in [1.82, 2.24) is 9.88 Å². The summed E-state index contributed by atoms with van der Waals surface area (Å²) in [7, 11) is 3.86. The number of carbonyl (C=O) groups excluding carboxylic acids is 1. The van der Waals surface area contributed by atoms with Gasteiger partial charge >= 0.3 is 0 Å². The van der Waals surface area contributed by atoms with Crippen LogP contribution in [0.15, 0.2) is 54.7 Å². The molecule has 0 unspecified atom stereocenters. The van der Waals surface area contributed by atoms with E-state index in [1.54, 1.807) is 30.5 Å². The van der Waals surface area contributed by atoms with Gasteiger partial charge in [-0.15, -0.1) is 0 Å². The molecule has 9 heteroatoms. The summed E-state index contributed by atoms with van der Waals surface area (Å²) in [6.45, 7) is 1.78. The number of likely N-dealkylation sites (N-methyl/N-ethyl adjacent to an activating group) is 1. The van der Waals surface area contributed by atoms with Crippen molar-refractivity contribution in [3.8, 4) is 5.75 Å². The van der Waals surface area contributed by atoms with Gasteiger partial charge in [0.1, 0.15) is 17.7 Å². The SMILES string of the molecule is CN(C)C/C=C/C(=O)Nc1cc2c(Nc3ccc(F)c(Cl)c3)ccnc2cc1O[C@H]1CCOC1. The molecule has 1 fully saturated rings. The molecule has 1 aliphatic heterocycles. The van der Waals surface area contributed by atoms with Crippen molar-refractivity contribution in [1.29, 1.82) is 0 Å². The largest absolute Gasteiger partial charge is 0.486 e. The molecule has 2 aromatic carbocycles. The summed E-state index contributed by atoms with van der Waals surface area (Å²) < 4.78 is 25.1. The summed E-state index contributed by atoms with van der Waals surface area (Å²) in [5, 5.41) is 6.95. The van der Waals surface area contributed by atoms with Crippen molar-refractivity contribution in [3.05, 3.63) is 65.6 Å². The Bertz CT molecular complexity index is 1210. The number of amides is 1. The molecule has 1 aliphatic rings. The Hall–Kier alpha value is -3.20. The maximum atomic E-state index is 13.6. The summed E-state index contributed by atoms with van der Waals surface area (Å²) in [5.74, 6) is -0.235. The molecule has 0 spiro atoms. The van der Waals surface area contributed by atoms with Crippen molar-refractivity contribution < 1.29 is 18.7 Å². The highest BCUT2D eigenvalue weighted by molar-refractivity contribution is 6.31. The van der Waals surface area contributed by atoms with Crippen molar-refractivity contribution in [2.24, 2.45) is 0 Å². The van der Waals surface area contributed by atoms with Crippen molar-refractivity contribution in [2.45, 2.75) is 12.5 Å². The fourth-order valence-electron chi connectivity index (χ4n) is 3.54. The van der Waals surface area contributed by atoms with Crippen LogP contribution in [0.4, 0.5) is 21.5 Å². The maximum absolute atomic E-state index is 13.6. The third-order valence-corrected chi connectivity index (χ3v) is 5.51. The molecule has 0 radical (unpaired) electrons. The predicted molar refractivity (Wildman–Crippen MR) is 133 cm³/mol. The molecule has 1 atom stereocenters. The molecule has 7 nitrogen and oxygen atoms in total. The lowest BCUT2D eigenvalue weighted by molar-refractivity contribution is -0.111. The number of ether oxygens (including phenoxy) is 2. The van der Waals surface area contributed by atoms with E-state index in [1.165, 1.54) is 18.2 Å². The van der Waals surface area contributed by atoms with Crippen LogP contribution in [0.25, 0.3) is 10.9 Å². The molecular formula is C25H26ClFN4O3. The quantitative estimate of drug-likeness (QED) is 0.438.